The van der Waals surface area contributed by atoms with Crippen molar-refractivity contribution in [3.63, 3.8) is 0 Å². The highest BCUT2D eigenvalue weighted by atomic mass is 32.1. The summed E-state index contributed by atoms with van der Waals surface area (Å²) in [6.07, 6.45) is 1.69. The van der Waals surface area contributed by atoms with E-state index in [1.165, 1.54) is 4.90 Å². The lowest BCUT2D eigenvalue weighted by Crippen LogP contribution is -2.45. The predicted molar refractivity (Wildman–Crippen MR) is 136 cm³/mol. The van der Waals surface area contributed by atoms with Gasteiger partial charge in [-0.3, -0.25) is 19.3 Å². The summed E-state index contributed by atoms with van der Waals surface area (Å²) >= 11 is 0.758. The molecule has 5 N–H and O–H groups in total. The topological polar surface area (TPSA) is 154 Å². The third-order valence-corrected chi connectivity index (χ3v) is 6.78. The normalized spacial score (nSPS) is 16.0. The van der Waals surface area contributed by atoms with Crippen LogP contribution in [0, 0.1) is 20.8 Å². The number of anilines is 2. The second-order valence-electron chi connectivity index (χ2n) is 8.89. The summed E-state index contributed by atoms with van der Waals surface area (Å²) in [5.74, 6) is -1.02. The third-order valence-electron chi connectivity index (χ3n) is 5.92. The molecule has 0 spiro atoms. The van der Waals surface area contributed by atoms with Crippen LogP contribution in [0.3, 0.4) is 0 Å². The number of nitrogen functional groups attached to an aromatic ring is 1. The number of hydrogen-bond donors (Lipinski definition) is 3. The minimum atomic E-state index is -1.16. The van der Waals surface area contributed by atoms with Gasteiger partial charge in [-0.05, 0) is 80.5 Å². The molecule has 1 saturated heterocycles. The summed E-state index contributed by atoms with van der Waals surface area (Å²) in [4.78, 5) is 40.8. The Kier molecular flexibility index (Phi) is 7.41. The minimum Gasteiger partial charge on any atom is -0.464 e. The first kappa shape index (κ1) is 25.4. The number of carbonyl (C=O) groups is 3. The molecule has 11 heteroatoms. The van der Waals surface area contributed by atoms with Crippen molar-refractivity contribution in [3.8, 4) is 0 Å². The first-order valence-corrected chi connectivity index (χ1v) is 12.4. The molecule has 3 heterocycles. The molecule has 10 nitrogen and oxygen atoms in total. The number of aryl methyl sites for hydroxylation is 3. The number of ether oxygens (including phenoxy) is 1. The van der Waals surface area contributed by atoms with Crippen LogP contribution in [0.1, 0.15) is 61.7 Å². The zero-order valence-corrected chi connectivity index (χ0v) is 21.2. The van der Waals surface area contributed by atoms with E-state index < -0.39 is 23.8 Å². The van der Waals surface area contributed by atoms with Crippen molar-refractivity contribution in [3.05, 3.63) is 63.6 Å². The largest absolute Gasteiger partial charge is 0.464 e. The number of hydrogen-bond acceptors (Lipinski definition) is 8. The second-order valence-corrected chi connectivity index (χ2v) is 9.66. The molecule has 0 aliphatic carbocycles. The van der Waals surface area contributed by atoms with E-state index in [4.69, 9.17) is 20.6 Å². The van der Waals surface area contributed by atoms with Crippen LogP contribution in [0.2, 0.25) is 0 Å². The van der Waals surface area contributed by atoms with Crippen LogP contribution in [0.15, 0.2) is 34.7 Å². The fourth-order valence-corrected chi connectivity index (χ4v) is 5.04. The van der Waals surface area contributed by atoms with E-state index >= 15 is 0 Å². The SMILES string of the molecule is Cc1cc(C)cc(N(C(=O)c2snc(C(N)=O)c2N)[C@@H](C(=O)NC[C@H]2CCCO2)c2ccc(C)o2)c1. The van der Waals surface area contributed by atoms with E-state index in [0.717, 1.165) is 35.5 Å². The van der Waals surface area contributed by atoms with Crippen LogP contribution in [-0.4, -0.2) is 41.4 Å². The van der Waals surface area contributed by atoms with Crippen molar-refractivity contribution in [1.82, 2.24) is 9.69 Å². The molecule has 1 fully saturated rings. The second kappa shape index (κ2) is 10.5. The Morgan fingerprint density at radius 3 is 2.47 bits per heavy atom. The molecule has 0 bridgehead atoms. The van der Waals surface area contributed by atoms with Gasteiger partial charge in [0.05, 0.1) is 11.8 Å². The maximum Gasteiger partial charge on any atom is 0.273 e. The first-order valence-electron chi connectivity index (χ1n) is 11.6. The molecule has 0 saturated carbocycles. The summed E-state index contributed by atoms with van der Waals surface area (Å²) < 4.78 is 15.5. The maximum absolute atomic E-state index is 14.0. The smallest absolute Gasteiger partial charge is 0.273 e. The zero-order chi connectivity index (χ0) is 26.0. The monoisotopic (exact) mass is 511 g/mol. The molecule has 190 valence electrons. The Morgan fingerprint density at radius 2 is 1.92 bits per heavy atom. The Balaban J connectivity index is 1.82. The maximum atomic E-state index is 14.0. The van der Waals surface area contributed by atoms with Gasteiger partial charge in [0.1, 0.15) is 16.4 Å². The highest BCUT2D eigenvalue weighted by molar-refractivity contribution is 7.09. The standard InChI is InChI=1S/C25H29N5O5S/c1-13-9-14(2)11-16(10-13)30(25(33)22-19(26)20(23(27)31)29-36-22)21(18-7-6-15(3)35-18)24(32)28-12-17-5-4-8-34-17/h6-7,9-11,17,21H,4-5,8,12,26H2,1-3H3,(H2,27,31)(H,28,32)/t17-,21-/m1/s1. The molecule has 1 aromatic carbocycles. The van der Waals surface area contributed by atoms with Crippen molar-refractivity contribution in [2.45, 2.75) is 45.8 Å². The molecule has 3 amide bonds. The molecule has 4 rings (SSSR count). The van der Waals surface area contributed by atoms with E-state index in [1.807, 2.05) is 19.9 Å². The zero-order valence-electron chi connectivity index (χ0n) is 20.4. The summed E-state index contributed by atoms with van der Waals surface area (Å²) in [5.41, 5.74) is 13.4. The van der Waals surface area contributed by atoms with Gasteiger partial charge in [0.15, 0.2) is 11.7 Å². The molecule has 0 unspecified atom stereocenters. The van der Waals surface area contributed by atoms with Gasteiger partial charge < -0.3 is 25.9 Å². The van der Waals surface area contributed by atoms with Gasteiger partial charge in [0, 0.05) is 18.8 Å². The van der Waals surface area contributed by atoms with Crippen LogP contribution >= 0.6 is 11.5 Å². The summed E-state index contributed by atoms with van der Waals surface area (Å²) in [7, 11) is 0. The van der Waals surface area contributed by atoms with Crippen LogP contribution in [0.25, 0.3) is 0 Å². The number of nitrogens with zero attached hydrogens (tertiary/aromatic N) is 2. The van der Waals surface area contributed by atoms with E-state index in [9.17, 15) is 14.4 Å². The van der Waals surface area contributed by atoms with Crippen molar-refractivity contribution in [2.75, 3.05) is 23.8 Å². The molecular weight excluding hydrogens is 482 g/mol. The number of primary amides is 1. The molecule has 3 aromatic rings. The molecule has 36 heavy (non-hydrogen) atoms. The summed E-state index contributed by atoms with van der Waals surface area (Å²) in [5, 5.41) is 2.92. The highest BCUT2D eigenvalue weighted by Crippen LogP contribution is 2.34. The summed E-state index contributed by atoms with van der Waals surface area (Å²) in [6.45, 7) is 6.51. The lowest BCUT2D eigenvalue weighted by molar-refractivity contribution is -0.123. The van der Waals surface area contributed by atoms with E-state index in [1.54, 1.807) is 31.2 Å². The number of rotatable bonds is 8. The third kappa shape index (κ3) is 5.26. The Morgan fingerprint density at radius 1 is 1.19 bits per heavy atom. The molecule has 0 radical (unpaired) electrons. The fraction of sp³-hybridized carbons (Fsp3) is 0.360. The van der Waals surface area contributed by atoms with Gasteiger partial charge in [-0.1, -0.05) is 6.07 Å². The van der Waals surface area contributed by atoms with Gasteiger partial charge in [0.2, 0.25) is 0 Å². The van der Waals surface area contributed by atoms with Crippen LogP contribution in [0.5, 0.6) is 0 Å². The molecule has 1 aliphatic rings. The van der Waals surface area contributed by atoms with Crippen LogP contribution in [-0.2, 0) is 9.53 Å². The van der Waals surface area contributed by atoms with Gasteiger partial charge in [-0.15, -0.1) is 0 Å². The summed E-state index contributed by atoms with van der Waals surface area (Å²) in [6, 6.07) is 7.79. The molecular formula is C25H29N5O5S. The van der Waals surface area contributed by atoms with E-state index in [0.29, 0.717) is 24.6 Å². The number of carbonyl (C=O) groups excluding carboxylic acids is 3. The van der Waals surface area contributed by atoms with Crippen LogP contribution < -0.4 is 21.7 Å². The van der Waals surface area contributed by atoms with Gasteiger partial charge in [-0.2, -0.15) is 4.37 Å². The van der Waals surface area contributed by atoms with E-state index in [-0.39, 0.29) is 28.1 Å². The molecule has 2 atom stereocenters. The lowest BCUT2D eigenvalue weighted by Gasteiger charge is -2.30. The number of aromatic nitrogens is 1. The van der Waals surface area contributed by atoms with Gasteiger partial charge >= 0.3 is 0 Å². The van der Waals surface area contributed by atoms with Gasteiger partial charge in [0.25, 0.3) is 17.7 Å². The van der Waals surface area contributed by atoms with Crippen molar-refractivity contribution in [2.24, 2.45) is 5.73 Å². The van der Waals surface area contributed by atoms with Crippen LogP contribution in [0.4, 0.5) is 11.4 Å². The predicted octanol–water partition coefficient (Wildman–Crippen LogP) is 3.03. The Hall–Kier alpha value is -3.70. The van der Waals surface area contributed by atoms with Crippen molar-refractivity contribution < 1.29 is 23.5 Å². The average Bonchev–Trinajstić information content (AvgIpc) is 3.56. The fourth-order valence-electron chi connectivity index (χ4n) is 4.30. The number of furan rings is 1. The Labute approximate surface area is 212 Å². The highest BCUT2D eigenvalue weighted by Gasteiger charge is 2.38. The number of benzene rings is 1. The lowest BCUT2D eigenvalue weighted by atomic mass is 10.1. The van der Waals surface area contributed by atoms with Crippen molar-refractivity contribution >= 4 is 40.6 Å². The molecule has 2 aromatic heterocycles. The first-order chi connectivity index (χ1) is 17.2. The van der Waals surface area contributed by atoms with E-state index in [2.05, 4.69) is 9.69 Å². The number of amides is 3. The number of nitrogens with one attached hydrogen (secondary N) is 1. The average molecular weight is 512 g/mol. The molecule has 1 aliphatic heterocycles. The van der Waals surface area contributed by atoms with Gasteiger partial charge in [-0.25, -0.2) is 0 Å². The minimum absolute atomic E-state index is 0.00293. The Bertz CT molecular complexity index is 1270. The van der Waals surface area contributed by atoms with Crippen molar-refractivity contribution in [1.29, 1.82) is 0 Å². The number of nitrogens with two attached hydrogens (primary N) is 2. The quantitative estimate of drug-likeness (QED) is 0.420.